The molecule has 0 aromatic carbocycles. The monoisotopic (exact) mass is 128 g/mol. The number of hydrogen-bond acceptors (Lipinski definition) is 2. The Balaban J connectivity index is 2.48. The van der Waals surface area contributed by atoms with E-state index in [0.29, 0.717) is 13.0 Å². The second-order valence-electron chi connectivity index (χ2n) is 1.96. The van der Waals surface area contributed by atoms with Crippen molar-refractivity contribution >= 4 is 11.8 Å². The van der Waals surface area contributed by atoms with Crippen LogP contribution in [0.1, 0.15) is 13.3 Å². The average Bonchev–Trinajstić information content (AvgIpc) is 2.14. The molecule has 0 bridgehead atoms. The lowest BCUT2D eigenvalue weighted by Gasteiger charge is -2.10. The normalized spacial score (nSPS) is 17.9. The van der Waals surface area contributed by atoms with Crippen LogP contribution in [0.25, 0.3) is 0 Å². The molecule has 0 spiro atoms. The third-order valence-electron chi connectivity index (χ3n) is 1.20. The summed E-state index contributed by atoms with van der Waals surface area (Å²) in [7, 11) is 0. The zero-order valence-corrected chi connectivity index (χ0v) is 5.18. The van der Waals surface area contributed by atoms with Gasteiger partial charge in [0, 0.05) is 13.3 Å². The lowest BCUT2D eigenvalue weighted by atomic mass is 10.4. The quantitative estimate of drug-likeness (QED) is 0.467. The van der Waals surface area contributed by atoms with Crippen molar-refractivity contribution in [2.45, 2.75) is 13.3 Å². The second-order valence-corrected chi connectivity index (χ2v) is 1.96. The number of amides is 2. The van der Waals surface area contributed by atoms with E-state index >= 15 is 0 Å². The largest absolute Gasteiger partial charge is 0.273 e. The SMILES string of the molecule is CC(=O)N1CCC(=O)N1. The molecule has 2 amide bonds. The Hall–Kier alpha value is -1.06. The Bertz CT molecular complexity index is 155. The van der Waals surface area contributed by atoms with Crippen molar-refractivity contribution < 1.29 is 9.59 Å². The molecule has 0 saturated carbocycles. The molecule has 0 unspecified atom stereocenters. The molecule has 0 aliphatic carbocycles. The van der Waals surface area contributed by atoms with Crippen molar-refractivity contribution in [3.63, 3.8) is 0 Å². The van der Waals surface area contributed by atoms with Gasteiger partial charge in [0.25, 0.3) is 0 Å². The number of nitrogens with zero attached hydrogens (tertiary/aromatic N) is 1. The molecule has 1 heterocycles. The Labute approximate surface area is 52.8 Å². The number of rotatable bonds is 0. The van der Waals surface area contributed by atoms with Crippen LogP contribution in [0.15, 0.2) is 0 Å². The number of carbonyl (C=O) groups is 2. The highest BCUT2D eigenvalue weighted by molar-refractivity contribution is 5.84. The highest BCUT2D eigenvalue weighted by atomic mass is 16.2. The zero-order valence-electron chi connectivity index (χ0n) is 5.18. The number of hydrazine groups is 1. The van der Waals surface area contributed by atoms with Crippen LogP contribution in [0, 0.1) is 0 Å². The van der Waals surface area contributed by atoms with Gasteiger partial charge in [-0.05, 0) is 0 Å². The van der Waals surface area contributed by atoms with Gasteiger partial charge >= 0.3 is 0 Å². The summed E-state index contributed by atoms with van der Waals surface area (Å²) < 4.78 is 0. The predicted octanol–water partition coefficient (Wildman–Crippen LogP) is -0.730. The maximum Gasteiger partial charge on any atom is 0.240 e. The third-order valence-corrected chi connectivity index (χ3v) is 1.20. The van der Waals surface area contributed by atoms with Gasteiger partial charge in [0.15, 0.2) is 0 Å². The van der Waals surface area contributed by atoms with Gasteiger partial charge in [0.05, 0.1) is 6.54 Å². The van der Waals surface area contributed by atoms with Crippen LogP contribution in [0.4, 0.5) is 0 Å². The first-order valence-corrected chi connectivity index (χ1v) is 2.78. The third kappa shape index (κ3) is 1.19. The van der Waals surface area contributed by atoms with Crippen LogP contribution >= 0.6 is 0 Å². The predicted molar refractivity (Wildman–Crippen MR) is 30.1 cm³/mol. The molecule has 1 saturated heterocycles. The minimum absolute atomic E-state index is 0.0785. The van der Waals surface area contributed by atoms with Crippen LogP contribution in [0.2, 0.25) is 0 Å². The topological polar surface area (TPSA) is 49.4 Å². The minimum Gasteiger partial charge on any atom is -0.273 e. The van der Waals surface area contributed by atoms with Gasteiger partial charge < -0.3 is 0 Å². The molecule has 50 valence electrons. The lowest BCUT2D eigenvalue weighted by Crippen LogP contribution is -2.36. The molecule has 1 rings (SSSR count). The van der Waals surface area contributed by atoms with Gasteiger partial charge in [0.1, 0.15) is 0 Å². The fourth-order valence-corrected chi connectivity index (χ4v) is 0.712. The number of nitrogens with one attached hydrogen (secondary N) is 1. The summed E-state index contributed by atoms with van der Waals surface area (Å²) in [5.74, 6) is -0.189. The van der Waals surface area contributed by atoms with Gasteiger partial charge in [-0.2, -0.15) is 0 Å². The minimum atomic E-state index is -0.110. The molecule has 0 radical (unpaired) electrons. The van der Waals surface area contributed by atoms with Gasteiger partial charge in [-0.1, -0.05) is 0 Å². The smallest absolute Gasteiger partial charge is 0.240 e. The van der Waals surface area contributed by atoms with Crippen LogP contribution in [-0.4, -0.2) is 23.4 Å². The van der Waals surface area contributed by atoms with E-state index in [0.717, 1.165) is 0 Å². The molecule has 4 nitrogen and oxygen atoms in total. The molecule has 1 fully saturated rings. The molecule has 1 aliphatic rings. The van der Waals surface area contributed by atoms with Gasteiger partial charge in [-0.15, -0.1) is 0 Å². The van der Waals surface area contributed by atoms with E-state index in [-0.39, 0.29) is 11.8 Å². The maximum absolute atomic E-state index is 10.5. The molecule has 0 aromatic rings. The van der Waals surface area contributed by atoms with E-state index in [1.807, 2.05) is 0 Å². The van der Waals surface area contributed by atoms with E-state index in [1.165, 1.54) is 11.9 Å². The molecule has 1 aliphatic heterocycles. The molecule has 0 atom stereocenters. The Morgan fingerprint density at radius 2 is 2.44 bits per heavy atom. The van der Waals surface area contributed by atoms with E-state index < -0.39 is 0 Å². The first-order valence-electron chi connectivity index (χ1n) is 2.78. The van der Waals surface area contributed by atoms with Crippen LogP contribution < -0.4 is 5.43 Å². The van der Waals surface area contributed by atoms with Crippen molar-refractivity contribution in [2.24, 2.45) is 0 Å². The molecule has 4 heteroatoms. The second kappa shape index (κ2) is 2.05. The Kier molecular flexibility index (Phi) is 1.38. The fourth-order valence-electron chi connectivity index (χ4n) is 0.712. The molecular weight excluding hydrogens is 120 g/mol. The van der Waals surface area contributed by atoms with Crippen LogP contribution in [-0.2, 0) is 9.59 Å². The van der Waals surface area contributed by atoms with E-state index in [9.17, 15) is 9.59 Å². The fraction of sp³-hybridized carbons (Fsp3) is 0.600. The molecule has 9 heavy (non-hydrogen) atoms. The van der Waals surface area contributed by atoms with E-state index in [1.54, 1.807) is 0 Å². The van der Waals surface area contributed by atoms with Crippen LogP contribution in [0.5, 0.6) is 0 Å². The summed E-state index contributed by atoms with van der Waals surface area (Å²) in [4.78, 5) is 21.0. The zero-order chi connectivity index (χ0) is 6.85. The van der Waals surface area contributed by atoms with Gasteiger partial charge in [-0.3, -0.25) is 20.0 Å². The van der Waals surface area contributed by atoms with Gasteiger partial charge in [0.2, 0.25) is 11.8 Å². The summed E-state index contributed by atoms with van der Waals surface area (Å²) in [5, 5.41) is 1.31. The molecule has 0 aromatic heterocycles. The molecular formula is C5H8N2O2. The van der Waals surface area contributed by atoms with E-state index in [2.05, 4.69) is 5.43 Å². The van der Waals surface area contributed by atoms with Crippen molar-refractivity contribution in [1.82, 2.24) is 10.4 Å². The van der Waals surface area contributed by atoms with Crippen molar-refractivity contribution in [1.29, 1.82) is 0 Å². The summed E-state index contributed by atoms with van der Waals surface area (Å²) in [6.07, 6.45) is 0.430. The molecule has 1 N–H and O–H groups in total. The average molecular weight is 128 g/mol. The van der Waals surface area contributed by atoms with Crippen molar-refractivity contribution in [3.8, 4) is 0 Å². The van der Waals surface area contributed by atoms with Crippen molar-refractivity contribution in [2.75, 3.05) is 6.54 Å². The number of carbonyl (C=O) groups excluding carboxylic acids is 2. The standard InChI is InChI=1S/C5H8N2O2/c1-4(8)7-3-2-5(9)6-7/h2-3H2,1H3,(H,6,9). The lowest BCUT2D eigenvalue weighted by molar-refractivity contribution is -0.134. The first kappa shape index (κ1) is 6.07. The summed E-state index contributed by atoms with van der Waals surface area (Å²) >= 11 is 0. The van der Waals surface area contributed by atoms with E-state index in [4.69, 9.17) is 0 Å². The first-order chi connectivity index (χ1) is 4.20. The van der Waals surface area contributed by atoms with Crippen molar-refractivity contribution in [3.05, 3.63) is 0 Å². The Morgan fingerprint density at radius 3 is 2.67 bits per heavy atom. The van der Waals surface area contributed by atoms with Gasteiger partial charge in [-0.25, -0.2) is 0 Å². The summed E-state index contributed by atoms with van der Waals surface area (Å²) in [6, 6.07) is 0. The summed E-state index contributed by atoms with van der Waals surface area (Å²) in [6.45, 7) is 1.93. The maximum atomic E-state index is 10.5. The highest BCUT2D eigenvalue weighted by Crippen LogP contribution is 1.96. The van der Waals surface area contributed by atoms with Crippen LogP contribution in [0.3, 0.4) is 0 Å². The summed E-state index contributed by atoms with van der Waals surface area (Å²) in [5.41, 5.74) is 2.40. The highest BCUT2D eigenvalue weighted by Gasteiger charge is 2.19. The number of hydrogen-bond donors (Lipinski definition) is 1. The Morgan fingerprint density at radius 1 is 1.78 bits per heavy atom.